The van der Waals surface area contributed by atoms with Gasteiger partial charge < -0.3 is 13.9 Å². The summed E-state index contributed by atoms with van der Waals surface area (Å²) >= 11 is 0. The molecule has 0 bridgehead atoms. The number of rotatable bonds is 6. The number of fused-ring (bicyclic) bond motifs is 1. The van der Waals surface area contributed by atoms with Crippen molar-refractivity contribution in [3.63, 3.8) is 0 Å². The molecule has 28 heavy (non-hydrogen) atoms. The summed E-state index contributed by atoms with van der Waals surface area (Å²) in [6, 6.07) is 5.57. The molecule has 0 aliphatic carbocycles. The second kappa shape index (κ2) is 8.14. The molecule has 4 rings (SSSR count). The molecule has 1 fully saturated rings. The number of nitrogens with zero attached hydrogens (tertiary/aromatic N) is 5. The van der Waals surface area contributed by atoms with E-state index in [1.165, 1.54) is 0 Å². The van der Waals surface area contributed by atoms with Crippen LogP contribution in [0.15, 0.2) is 35.0 Å². The fourth-order valence-electron chi connectivity index (χ4n) is 3.58. The van der Waals surface area contributed by atoms with Crippen molar-refractivity contribution in [3.8, 4) is 0 Å². The average molecular weight is 381 g/mol. The van der Waals surface area contributed by atoms with Gasteiger partial charge in [0.25, 0.3) is 5.91 Å². The number of piperazine rings is 1. The van der Waals surface area contributed by atoms with E-state index in [0.29, 0.717) is 5.56 Å². The van der Waals surface area contributed by atoms with Gasteiger partial charge in [-0.3, -0.25) is 9.69 Å². The Balaban J connectivity index is 1.38. The maximum atomic E-state index is 12.9. The molecule has 0 radical (unpaired) electrons. The smallest absolute Gasteiger partial charge is 0.254 e. The standard InChI is InChI=1S/C21H27N5O2/c1-3-4-5-20-23-17-14-16(6-7-18(17)28-20)21(27)26-12-10-25(11-13-26)15-19-22-8-9-24(19)2/h6-9,14H,3-5,10-13,15H2,1-2H3. The zero-order valence-electron chi connectivity index (χ0n) is 16.6. The quantitative estimate of drug-likeness (QED) is 0.657. The van der Waals surface area contributed by atoms with Gasteiger partial charge in [0, 0.05) is 57.6 Å². The topological polar surface area (TPSA) is 67.4 Å². The van der Waals surface area contributed by atoms with Gasteiger partial charge in [0.15, 0.2) is 11.5 Å². The molecule has 3 heterocycles. The Kier molecular flexibility index (Phi) is 5.43. The highest BCUT2D eigenvalue weighted by atomic mass is 16.3. The SMILES string of the molecule is CCCCc1nc2cc(C(=O)N3CCN(Cc4nccn4C)CC3)ccc2o1. The number of hydrogen-bond acceptors (Lipinski definition) is 5. The molecule has 7 heteroatoms. The molecule has 1 saturated heterocycles. The summed E-state index contributed by atoms with van der Waals surface area (Å²) in [5, 5.41) is 0. The summed E-state index contributed by atoms with van der Waals surface area (Å²) in [7, 11) is 2.01. The van der Waals surface area contributed by atoms with Gasteiger partial charge >= 0.3 is 0 Å². The number of benzene rings is 1. The number of hydrogen-bond donors (Lipinski definition) is 0. The minimum Gasteiger partial charge on any atom is -0.441 e. The lowest BCUT2D eigenvalue weighted by Gasteiger charge is -2.34. The van der Waals surface area contributed by atoms with Gasteiger partial charge in [0.2, 0.25) is 0 Å². The van der Waals surface area contributed by atoms with E-state index in [4.69, 9.17) is 4.42 Å². The zero-order chi connectivity index (χ0) is 19.5. The minimum atomic E-state index is 0.0663. The first kappa shape index (κ1) is 18.7. The molecular formula is C21H27N5O2. The van der Waals surface area contributed by atoms with E-state index in [2.05, 4.69) is 21.8 Å². The highest BCUT2D eigenvalue weighted by Gasteiger charge is 2.23. The van der Waals surface area contributed by atoms with Gasteiger partial charge in [0.1, 0.15) is 11.3 Å². The van der Waals surface area contributed by atoms with E-state index >= 15 is 0 Å². The lowest BCUT2D eigenvalue weighted by molar-refractivity contribution is 0.0624. The summed E-state index contributed by atoms with van der Waals surface area (Å²) in [6.07, 6.45) is 6.79. The van der Waals surface area contributed by atoms with E-state index in [0.717, 1.165) is 74.8 Å². The van der Waals surface area contributed by atoms with Gasteiger partial charge in [-0.15, -0.1) is 0 Å². The van der Waals surface area contributed by atoms with E-state index in [-0.39, 0.29) is 5.91 Å². The molecule has 0 atom stereocenters. The van der Waals surface area contributed by atoms with Crippen LogP contribution in [0.4, 0.5) is 0 Å². The van der Waals surface area contributed by atoms with Gasteiger partial charge in [-0.05, 0) is 24.6 Å². The van der Waals surface area contributed by atoms with E-state index in [1.54, 1.807) is 0 Å². The monoisotopic (exact) mass is 381 g/mol. The van der Waals surface area contributed by atoms with Crippen LogP contribution in [0.25, 0.3) is 11.1 Å². The summed E-state index contributed by atoms with van der Waals surface area (Å²) in [5.41, 5.74) is 2.20. The van der Waals surface area contributed by atoms with Crippen molar-refractivity contribution in [2.75, 3.05) is 26.2 Å². The van der Waals surface area contributed by atoms with E-state index in [1.807, 2.05) is 47.1 Å². The van der Waals surface area contributed by atoms with Crippen molar-refractivity contribution in [1.82, 2.24) is 24.3 Å². The van der Waals surface area contributed by atoms with Crippen molar-refractivity contribution in [3.05, 3.63) is 47.9 Å². The van der Waals surface area contributed by atoms with Gasteiger partial charge in [-0.1, -0.05) is 13.3 Å². The normalized spacial score (nSPS) is 15.4. The predicted molar refractivity (Wildman–Crippen MR) is 107 cm³/mol. The van der Waals surface area contributed by atoms with Crippen molar-refractivity contribution < 1.29 is 9.21 Å². The fraction of sp³-hybridized carbons (Fsp3) is 0.476. The highest BCUT2D eigenvalue weighted by molar-refractivity contribution is 5.97. The molecule has 1 aromatic carbocycles. The molecule has 0 unspecified atom stereocenters. The Bertz CT molecular complexity index is 953. The number of carbonyl (C=O) groups is 1. The second-order valence-electron chi connectivity index (χ2n) is 7.42. The molecule has 148 valence electrons. The number of carbonyl (C=O) groups excluding carboxylic acids is 1. The first-order valence-corrected chi connectivity index (χ1v) is 10.0. The van der Waals surface area contributed by atoms with Crippen LogP contribution in [0.1, 0.15) is 41.8 Å². The summed E-state index contributed by atoms with van der Waals surface area (Å²) in [5.74, 6) is 1.87. The van der Waals surface area contributed by atoms with Gasteiger partial charge in [0.05, 0.1) is 6.54 Å². The Morgan fingerprint density at radius 1 is 1.21 bits per heavy atom. The molecule has 1 aliphatic rings. The summed E-state index contributed by atoms with van der Waals surface area (Å²) in [6.45, 7) is 6.12. The van der Waals surface area contributed by atoms with Crippen LogP contribution in [-0.4, -0.2) is 56.4 Å². The molecular weight excluding hydrogens is 354 g/mol. The summed E-state index contributed by atoms with van der Waals surface area (Å²) < 4.78 is 7.81. The van der Waals surface area contributed by atoms with Crippen molar-refractivity contribution >= 4 is 17.0 Å². The van der Waals surface area contributed by atoms with Crippen LogP contribution in [0.3, 0.4) is 0 Å². The Morgan fingerprint density at radius 2 is 2.04 bits per heavy atom. The summed E-state index contributed by atoms with van der Waals surface area (Å²) in [4.78, 5) is 26.1. The predicted octanol–water partition coefficient (Wildman–Crippen LogP) is 2.86. The molecule has 0 spiro atoms. The van der Waals surface area contributed by atoms with Crippen LogP contribution in [0.2, 0.25) is 0 Å². The Hall–Kier alpha value is -2.67. The number of imidazole rings is 1. The average Bonchev–Trinajstić information content (AvgIpc) is 3.31. The zero-order valence-corrected chi connectivity index (χ0v) is 16.6. The first-order valence-electron chi connectivity index (χ1n) is 10.0. The third kappa shape index (κ3) is 3.94. The first-order chi connectivity index (χ1) is 13.6. The molecule has 1 amide bonds. The molecule has 3 aromatic rings. The van der Waals surface area contributed by atoms with Crippen LogP contribution in [0, 0.1) is 0 Å². The third-order valence-corrected chi connectivity index (χ3v) is 5.37. The van der Waals surface area contributed by atoms with E-state index < -0.39 is 0 Å². The number of oxazole rings is 1. The van der Waals surface area contributed by atoms with Crippen LogP contribution < -0.4 is 0 Å². The molecule has 1 aliphatic heterocycles. The minimum absolute atomic E-state index is 0.0663. The lowest BCUT2D eigenvalue weighted by atomic mass is 10.1. The van der Waals surface area contributed by atoms with Gasteiger partial charge in [-0.2, -0.15) is 0 Å². The number of aryl methyl sites for hydroxylation is 2. The number of amides is 1. The van der Waals surface area contributed by atoms with Crippen molar-refractivity contribution in [2.24, 2.45) is 7.05 Å². The number of aromatic nitrogens is 3. The van der Waals surface area contributed by atoms with Crippen molar-refractivity contribution in [2.45, 2.75) is 32.7 Å². The van der Waals surface area contributed by atoms with Crippen molar-refractivity contribution in [1.29, 1.82) is 0 Å². The van der Waals surface area contributed by atoms with Crippen LogP contribution >= 0.6 is 0 Å². The largest absolute Gasteiger partial charge is 0.441 e. The maximum Gasteiger partial charge on any atom is 0.254 e. The van der Waals surface area contributed by atoms with Crippen LogP contribution in [0.5, 0.6) is 0 Å². The molecule has 0 saturated carbocycles. The molecule has 0 N–H and O–H groups in total. The highest BCUT2D eigenvalue weighted by Crippen LogP contribution is 2.20. The van der Waals surface area contributed by atoms with Gasteiger partial charge in [-0.25, -0.2) is 9.97 Å². The lowest BCUT2D eigenvalue weighted by Crippen LogP contribution is -2.48. The fourth-order valence-corrected chi connectivity index (χ4v) is 3.58. The van der Waals surface area contributed by atoms with Crippen LogP contribution in [-0.2, 0) is 20.0 Å². The maximum absolute atomic E-state index is 12.9. The molecule has 7 nitrogen and oxygen atoms in total. The Morgan fingerprint density at radius 3 is 2.75 bits per heavy atom. The second-order valence-corrected chi connectivity index (χ2v) is 7.42. The Labute approximate surface area is 165 Å². The number of unbranched alkanes of at least 4 members (excludes halogenated alkanes) is 1. The van der Waals surface area contributed by atoms with E-state index in [9.17, 15) is 4.79 Å². The third-order valence-electron chi connectivity index (χ3n) is 5.37. The molecule has 2 aromatic heterocycles.